The lowest BCUT2D eigenvalue weighted by Crippen LogP contribution is -2.31. The molecule has 2 aromatic carbocycles. The molecule has 1 atom stereocenters. The lowest BCUT2D eigenvalue weighted by atomic mass is 9.99. The molecule has 1 fully saturated rings. The van der Waals surface area contributed by atoms with Crippen LogP contribution < -0.4 is 10.2 Å². The predicted molar refractivity (Wildman–Crippen MR) is 149 cm³/mol. The van der Waals surface area contributed by atoms with E-state index in [-0.39, 0.29) is 16.4 Å². The van der Waals surface area contributed by atoms with Gasteiger partial charge in [-0.25, -0.2) is 9.37 Å². The molecule has 0 aliphatic carbocycles. The normalized spacial score (nSPS) is 15.3. The third-order valence-electron chi connectivity index (χ3n) is 7.01. The molecule has 194 valence electrons. The zero-order valence-corrected chi connectivity index (χ0v) is 22.1. The van der Waals surface area contributed by atoms with Gasteiger partial charge in [-0.05, 0) is 75.0 Å². The molecule has 9 heteroatoms. The summed E-state index contributed by atoms with van der Waals surface area (Å²) in [5.41, 5.74) is 3.39. The summed E-state index contributed by atoms with van der Waals surface area (Å²) in [5, 5.41) is 4.08. The second-order valence-electron chi connectivity index (χ2n) is 9.69. The number of benzene rings is 2. The maximum atomic E-state index is 14.5. The minimum atomic E-state index is -0.697. The first-order chi connectivity index (χ1) is 18.2. The van der Waals surface area contributed by atoms with E-state index >= 15 is 0 Å². The lowest BCUT2D eigenvalue weighted by molar-refractivity contribution is 0.101. The first kappa shape index (κ1) is 25.8. The van der Waals surface area contributed by atoms with Crippen LogP contribution in [0.5, 0.6) is 0 Å². The minimum Gasteiger partial charge on any atom is -0.355 e. The van der Waals surface area contributed by atoms with Crippen molar-refractivity contribution in [2.45, 2.75) is 19.4 Å². The van der Waals surface area contributed by atoms with Crippen LogP contribution in [0, 0.1) is 5.82 Å². The SMILES string of the molecule is CC(=O)c1cnc2ccc(-c3cc(F)c(C=O)c(Cl)c3)cc2c1Nc1ccc(N2CCC(N(C)C)C2)nc1. The van der Waals surface area contributed by atoms with Gasteiger partial charge in [-0.15, -0.1) is 0 Å². The molecule has 1 aliphatic rings. The van der Waals surface area contributed by atoms with Crippen molar-refractivity contribution in [2.75, 3.05) is 37.4 Å². The van der Waals surface area contributed by atoms with E-state index < -0.39 is 5.82 Å². The Morgan fingerprint density at radius 2 is 1.95 bits per heavy atom. The monoisotopic (exact) mass is 531 g/mol. The molecule has 1 saturated heterocycles. The number of hydrogen-bond donors (Lipinski definition) is 1. The second-order valence-corrected chi connectivity index (χ2v) is 10.1. The third kappa shape index (κ3) is 4.97. The molecule has 38 heavy (non-hydrogen) atoms. The molecule has 1 aliphatic heterocycles. The molecule has 7 nitrogen and oxygen atoms in total. The van der Waals surface area contributed by atoms with Crippen molar-refractivity contribution in [2.24, 2.45) is 0 Å². The number of rotatable bonds is 7. The molecule has 1 N–H and O–H groups in total. The van der Waals surface area contributed by atoms with E-state index in [4.69, 9.17) is 11.6 Å². The van der Waals surface area contributed by atoms with Gasteiger partial charge in [-0.2, -0.15) is 0 Å². The number of nitrogens with one attached hydrogen (secondary N) is 1. The van der Waals surface area contributed by atoms with Crippen LogP contribution in [0.3, 0.4) is 0 Å². The summed E-state index contributed by atoms with van der Waals surface area (Å²) in [6.07, 6.45) is 4.80. The number of anilines is 3. The van der Waals surface area contributed by atoms with Crippen LogP contribution in [0.15, 0.2) is 54.9 Å². The number of fused-ring (bicyclic) bond motifs is 1. The second kappa shape index (κ2) is 10.5. The number of carbonyl (C=O) groups is 2. The van der Waals surface area contributed by atoms with E-state index in [0.29, 0.717) is 45.6 Å². The molecule has 5 rings (SSSR count). The van der Waals surface area contributed by atoms with Crippen LogP contribution in [-0.2, 0) is 0 Å². The number of hydrogen-bond acceptors (Lipinski definition) is 7. The highest BCUT2D eigenvalue weighted by atomic mass is 35.5. The number of carbonyl (C=O) groups excluding carboxylic acids is 2. The lowest BCUT2D eigenvalue weighted by Gasteiger charge is -2.21. The molecule has 3 heterocycles. The van der Waals surface area contributed by atoms with Crippen molar-refractivity contribution >= 4 is 51.8 Å². The predicted octanol–water partition coefficient (Wildman–Crippen LogP) is 5.99. The Labute approximate surface area is 225 Å². The van der Waals surface area contributed by atoms with E-state index in [1.54, 1.807) is 30.6 Å². The number of halogens is 2. The van der Waals surface area contributed by atoms with Crippen molar-refractivity contribution in [1.82, 2.24) is 14.9 Å². The van der Waals surface area contributed by atoms with Gasteiger partial charge >= 0.3 is 0 Å². The summed E-state index contributed by atoms with van der Waals surface area (Å²) in [7, 11) is 4.19. The van der Waals surface area contributed by atoms with Gasteiger partial charge in [-0.1, -0.05) is 17.7 Å². The Morgan fingerprint density at radius 1 is 1.13 bits per heavy atom. The number of aromatic nitrogens is 2. The molecular weight excluding hydrogens is 505 g/mol. The largest absolute Gasteiger partial charge is 0.355 e. The average molecular weight is 532 g/mol. The van der Waals surface area contributed by atoms with Crippen molar-refractivity contribution in [3.8, 4) is 11.1 Å². The molecule has 1 unspecified atom stereocenters. The first-order valence-electron chi connectivity index (χ1n) is 12.3. The van der Waals surface area contributed by atoms with E-state index in [0.717, 1.165) is 31.0 Å². The van der Waals surface area contributed by atoms with Crippen LogP contribution in [0.2, 0.25) is 5.02 Å². The van der Waals surface area contributed by atoms with Crippen molar-refractivity contribution in [3.63, 3.8) is 0 Å². The molecular formula is C29H27ClFN5O2. The Hall–Kier alpha value is -3.88. The zero-order valence-electron chi connectivity index (χ0n) is 21.3. The summed E-state index contributed by atoms with van der Waals surface area (Å²) in [6.45, 7) is 3.37. The van der Waals surface area contributed by atoms with E-state index in [2.05, 4.69) is 39.2 Å². The molecule has 4 aromatic rings. The molecule has 0 radical (unpaired) electrons. The highest BCUT2D eigenvalue weighted by Gasteiger charge is 2.25. The maximum Gasteiger partial charge on any atom is 0.163 e. The van der Waals surface area contributed by atoms with E-state index in [1.165, 1.54) is 13.0 Å². The Kier molecular flexibility index (Phi) is 7.10. The van der Waals surface area contributed by atoms with Crippen molar-refractivity contribution < 1.29 is 14.0 Å². The summed E-state index contributed by atoms with van der Waals surface area (Å²) in [4.78, 5) is 37.3. The van der Waals surface area contributed by atoms with Crippen LogP contribution in [0.4, 0.5) is 21.6 Å². The smallest absolute Gasteiger partial charge is 0.163 e. The van der Waals surface area contributed by atoms with Gasteiger partial charge < -0.3 is 15.1 Å². The van der Waals surface area contributed by atoms with Gasteiger partial charge in [0.05, 0.1) is 39.2 Å². The summed E-state index contributed by atoms with van der Waals surface area (Å²) in [6, 6.07) is 12.7. The highest BCUT2D eigenvalue weighted by molar-refractivity contribution is 6.33. The van der Waals surface area contributed by atoms with Crippen LogP contribution >= 0.6 is 11.6 Å². The number of aldehydes is 1. The van der Waals surface area contributed by atoms with Crippen molar-refractivity contribution in [1.29, 1.82) is 0 Å². The van der Waals surface area contributed by atoms with Gasteiger partial charge in [0, 0.05) is 30.7 Å². The molecule has 0 spiro atoms. The first-order valence-corrected chi connectivity index (χ1v) is 12.7. The number of likely N-dealkylation sites (N-methyl/N-ethyl adjacent to an activating group) is 1. The van der Waals surface area contributed by atoms with Crippen LogP contribution in [0.1, 0.15) is 34.1 Å². The quantitative estimate of drug-likeness (QED) is 0.232. The van der Waals surface area contributed by atoms with Gasteiger partial charge in [0.1, 0.15) is 11.6 Å². The average Bonchev–Trinajstić information content (AvgIpc) is 3.39. The fraction of sp³-hybridized carbons (Fsp3) is 0.241. The van der Waals surface area contributed by atoms with Crippen LogP contribution in [-0.4, -0.2) is 60.2 Å². The Bertz CT molecular complexity index is 1520. The highest BCUT2D eigenvalue weighted by Crippen LogP contribution is 2.35. The topological polar surface area (TPSA) is 78.4 Å². The van der Waals surface area contributed by atoms with Gasteiger partial charge in [0.15, 0.2) is 12.1 Å². The molecule has 0 amide bonds. The third-order valence-corrected chi connectivity index (χ3v) is 7.33. The summed E-state index contributed by atoms with van der Waals surface area (Å²) in [5.74, 6) is 0.0666. The number of ketones is 1. The summed E-state index contributed by atoms with van der Waals surface area (Å²) >= 11 is 6.14. The minimum absolute atomic E-state index is 0.0325. The van der Waals surface area contributed by atoms with E-state index in [1.807, 2.05) is 18.2 Å². The maximum absolute atomic E-state index is 14.5. The fourth-order valence-corrected chi connectivity index (χ4v) is 5.05. The number of Topliss-reactive ketones (excluding diaryl/α,β-unsaturated/α-hetero) is 1. The zero-order chi connectivity index (χ0) is 27.0. The Balaban J connectivity index is 1.51. The Morgan fingerprint density at radius 3 is 2.58 bits per heavy atom. The fourth-order valence-electron chi connectivity index (χ4n) is 4.80. The van der Waals surface area contributed by atoms with Crippen molar-refractivity contribution in [3.05, 3.63) is 76.8 Å². The van der Waals surface area contributed by atoms with Gasteiger partial charge in [0.2, 0.25) is 0 Å². The van der Waals surface area contributed by atoms with Gasteiger partial charge in [-0.3, -0.25) is 14.6 Å². The molecule has 0 bridgehead atoms. The standard InChI is InChI=1S/C29H27ClFN5O2/c1-17(38)23-14-32-27-6-4-18(19-11-25(30)24(16-37)26(31)12-19)10-22(27)29(23)34-20-5-7-28(33-13-20)36-9-8-21(15-36)35(2)3/h4-7,10-14,16,21H,8-9,15H2,1-3H3,(H,32,34). The van der Waals surface area contributed by atoms with E-state index in [9.17, 15) is 14.0 Å². The summed E-state index contributed by atoms with van der Waals surface area (Å²) < 4.78 is 14.5. The number of pyridine rings is 2. The van der Waals surface area contributed by atoms with Crippen LogP contribution in [0.25, 0.3) is 22.0 Å². The van der Waals surface area contributed by atoms with Gasteiger partial charge in [0.25, 0.3) is 0 Å². The number of nitrogens with zero attached hydrogens (tertiary/aromatic N) is 4. The molecule has 0 saturated carbocycles. The molecule has 2 aromatic heterocycles.